The number of halogens is 1. The molecule has 2 heterocycles. The van der Waals surface area contributed by atoms with E-state index in [1.807, 2.05) is 11.0 Å². The monoisotopic (exact) mass is 529 g/mol. The largest absolute Gasteiger partial charge is 0.297 e. The molecular formula is C26H32FN5O4S. The molecule has 2 aromatic rings. The van der Waals surface area contributed by atoms with Crippen LogP contribution >= 0.6 is 11.8 Å². The van der Waals surface area contributed by atoms with Crippen molar-refractivity contribution in [2.75, 3.05) is 13.1 Å². The number of carbonyl (C=O) groups excluding carboxylic acids is 3. The summed E-state index contributed by atoms with van der Waals surface area (Å²) in [5, 5.41) is 16.9. The number of ketones is 1. The van der Waals surface area contributed by atoms with Crippen LogP contribution in [0.15, 0.2) is 36.0 Å². The molecule has 198 valence electrons. The summed E-state index contributed by atoms with van der Waals surface area (Å²) in [6.45, 7) is 3.11. The van der Waals surface area contributed by atoms with Crippen molar-refractivity contribution in [3.8, 4) is 0 Å². The van der Waals surface area contributed by atoms with Gasteiger partial charge in [-0.2, -0.15) is 0 Å². The zero-order valence-corrected chi connectivity index (χ0v) is 21.6. The van der Waals surface area contributed by atoms with E-state index in [4.69, 9.17) is 5.21 Å². The molecule has 2 unspecified atom stereocenters. The Kier molecular flexibility index (Phi) is 9.23. The smallest absolute Gasteiger partial charge is 0.243 e. The Morgan fingerprint density at radius 2 is 2.03 bits per heavy atom. The highest BCUT2D eigenvalue weighted by molar-refractivity contribution is 8.14. The number of aryl methyl sites for hydroxylation is 1. The Morgan fingerprint density at radius 3 is 2.73 bits per heavy atom. The molecule has 11 heteroatoms. The molecule has 1 aliphatic carbocycles. The molecule has 0 radical (unpaired) electrons. The lowest BCUT2D eigenvalue weighted by Gasteiger charge is -2.38. The standard InChI is InChI=1S/C26H32FN5O4S/c1-17(33)37-23-11-13-31(25(26(35)18-9-10-18)21-6-2-3-7-22(21)27)15-19(23)14-20-16-32(30-28-20)12-5-4-8-24(34)29-36/h2-3,6-7,14,16,18,23,25,36H,4-5,8-13,15H2,1H3,(H,29,34)/b19-14-. The lowest BCUT2D eigenvalue weighted by molar-refractivity contribution is -0.129. The van der Waals surface area contributed by atoms with Gasteiger partial charge < -0.3 is 0 Å². The topological polar surface area (TPSA) is 117 Å². The van der Waals surface area contributed by atoms with Gasteiger partial charge in [0.2, 0.25) is 5.91 Å². The first-order valence-electron chi connectivity index (χ1n) is 12.6. The van der Waals surface area contributed by atoms with Gasteiger partial charge >= 0.3 is 0 Å². The summed E-state index contributed by atoms with van der Waals surface area (Å²) < 4.78 is 16.5. The van der Waals surface area contributed by atoms with Gasteiger partial charge in [-0.25, -0.2) is 9.87 Å². The molecule has 4 rings (SSSR count). The Labute approximate surface area is 219 Å². The number of hydrogen-bond donors (Lipinski definition) is 2. The van der Waals surface area contributed by atoms with Gasteiger partial charge in [0.25, 0.3) is 0 Å². The summed E-state index contributed by atoms with van der Waals surface area (Å²) >= 11 is 1.26. The molecule has 0 bridgehead atoms. The molecule has 2 fully saturated rings. The maximum absolute atomic E-state index is 14.8. The minimum Gasteiger partial charge on any atom is -0.297 e. The number of benzene rings is 1. The van der Waals surface area contributed by atoms with Crippen LogP contribution in [-0.4, -0.2) is 60.2 Å². The summed E-state index contributed by atoms with van der Waals surface area (Å²) in [5.41, 5.74) is 3.60. The van der Waals surface area contributed by atoms with E-state index in [2.05, 4.69) is 10.3 Å². The molecular weight excluding hydrogens is 497 g/mol. The molecule has 37 heavy (non-hydrogen) atoms. The number of nitrogens with zero attached hydrogens (tertiary/aromatic N) is 4. The Hall–Kier alpha value is -2.89. The van der Waals surface area contributed by atoms with Crippen molar-refractivity contribution < 1.29 is 24.0 Å². The molecule has 1 aromatic heterocycles. The van der Waals surface area contributed by atoms with Crippen LogP contribution in [0.3, 0.4) is 0 Å². The number of piperidine rings is 1. The molecule has 1 amide bonds. The molecule has 9 nitrogen and oxygen atoms in total. The number of thioether (sulfide) groups is 1. The van der Waals surface area contributed by atoms with E-state index in [0.717, 1.165) is 18.4 Å². The van der Waals surface area contributed by atoms with Crippen LogP contribution in [0.25, 0.3) is 6.08 Å². The van der Waals surface area contributed by atoms with Crippen LogP contribution in [0.1, 0.15) is 62.7 Å². The highest BCUT2D eigenvalue weighted by Crippen LogP contribution is 2.40. The van der Waals surface area contributed by atoms with Gasteiger partial charge in [0.1, 0.15) is 11.5 Å². The zero-order valence-electron chi connectivity index (χ0n) is 20.8. The summed E-state index contributed by atoms with van der Waals surface area (Å²) in [6, 6.07) is 5.81. The number of likely N-dealkylation sites (tertiary alicyclic amines) is 1. The van der Waals surface area contributed by atoms with Crippen molar-refractivity contribution in [1.82, 2.24) is 25.4 Å². The molecule has 1 saturated carbocycles. The summed E-state index contributed by atoms with van der Waals surface area (Å²) in [4.78, 5) is 38.5. The number of amides is 1. The van der Waals surface area contributed by atoms with Crippen LogP contribution in [-0.2, 0) is 20.9 Å². The first-order chi connectivity index (χ1) is 17.9. The number of rotatable bonds is 11. The lowest BCUT2D eigenvalue weighted by Crippen LogP contribution is -2.43. The van der Waals surface area contributed by atoms with Crippen LogP contribution in [0.5, 0.6) is 0 Å². The van der Waals surface area contributed by atoms with E-state index >= 15 is 0 Å². The first kappa shape index (κ1) is 27.2. The average Bonchev–Trinajstić information content (AvgIpc) is 3.64. The van der Waals surface area contributed by atoms with Gasteiger partial charge in [0, 0.05) is 49.7 Å². The predicted molar refractivity (Wildman–Crippen MR) is 137 cm³/mol. The first-order valence-corrected chi connectivity index (χ1v) is 13.5. The third-order valence-corrected chi connectivity index (χ3v) is 7.81. The van der Waals surface area contributed by atoms with E-state index in [9.17, 15) is 18.8 Å². The van der Waals surface area contributed by atoms with Crippen molar-refractivity contribution in [2.24, 2.45) is 5.92 Å². The van der Waals surface area contributed by atoms with Gasteiger partial charge in [-0.1, -0.05) is 35.2 Å². The highest BCUT2D eigenvalue weighted by atomic mass is 32.2. The summed E-state index contributed by atoms with van der Waals surface area (Å²) in [7, 11) is 0. The summed E-state index contributed by atoms with van der Waals surface area (Å²) in [6.07, 6.45) is 7.57. The maximum atomic E-state index is 14.8. The normalized spacial score (nSPS) is 20.1. The van der Waals surface area contributed by atoms with E-state index in [1.54, 1.807) is 41.5 Å². The Morgan fingerprint density at radius 1 is 1.24 bits per heavy atom. The molecule has 1 saturated heterocycles. The Bertz CT molecular complexity index is 1170. The van der Waals surface area contributed by atoms with Gasteiger partial charge in [0.15, 0.2) is 10.9 Å². The fourth-order valence-corrected chi connectivity index (χ4v) is 5.61. The number of carbonyl (C=O) groups is 3. The second kappa shape index (κ2) is 12.6. The third kappa shape index (κ3) is 7.33. The van der Waals surface area contributed by atoms with E-state index in [0.29, 0.717) is 50.2 Å². The van der Waals surface area contributed by atoms with Gasteiger partial charge in [0.05, 0.1) is 12.2 Å². The van der Waals surface area contributed by atoms with Crippen LogP contribution in [0.4, 0.5) is 4.39 Å². The highest BCUT2D eigenvalue weighted by Gasteiger charge is 2.41. The van der Waals surface area contributed by atoms with E-state index < -0.39 is 11.9 Å². The second-order valence-corrected chi connectivity index (χ2v) is 11.0. The van der Waals surface area contributed by atoms with E-state index in [-0.39, 0.29) is 34.3 Å². The summed E-state index contributed by atoms with van der Waals surface area (Å²) in [5.74, 6) is -0.770. The number of Topliss-reactive ketones (excluding diaryl/α,β-unsaturated/α-hetero) is 1. The SMILES string of the molecule is CC(=O)SC1CCN(C(C(=O)C2CC2)c2ccccc2F)C/C1=C/c1cn(CCCCC(=O)NO)nn1. The lowest BCUT2D eigenvalue weighted by atomic mass is 9.93. The fourth-order valence-electron chi connectivity index (χ4n) is 4.69. The van der Waals surface area contributed by atoms with Crippen molar-refractivity contribution in [3.05, 3.63) is 53.1 Å². The number of aromatic nitrogens is 3. The number of hydrogen-bond acceptors (Lipinski definition) is 8. The van der Waals surface area contributed by atoms with Crippen LogP contribution in [0.2, 0.25) is 0 Å². The predicted octanol–water partition coefficient (Wildman–Crippen LogP) is 3.55. The van der Waals surface area contributed by atoms with Crippen molar-refractivity contribution in [2.45, 2.75) is 63.3 Å². The van der Waals surface area contributed by atoms with E-state index in [1.165, 1.54) is 17.8 Å². The quantitative estimate of drug-likeness (QED) is 0.258. The van der Waals surface area contributed by atoms with Crippen LogP contribution < -0.4 is 5.48 Å². The van der Waals surface area contributed by atoms with Crippen molar-refractivity contribution in [3.63, 3.8) is 0 Å². The molecule has 1 aliphatic heterocycles. The van der Waals surface area contributed by atoms with Crippen LogP contribution in [0, 0.1) is 11.7 Å². The number of unbranched alkanes of at least 4 members (excludes halogenated alkanes) is 1. The minimum atomic E-state index is -0.660. The Balaban J connectivity index is 1.53. The number of hydroxylamine groups is 1. The molecule has 2 atom stereocenters. The fraction of sp³-hybridized carbons (Fsp3) is 0.500. The minimum absolute atomic E-state index is 0.0135. The van der Waals surface area contributed by atoms with Crippen molar-refractivity contribution in [1.29, 1.82) is 0 Å². The third-order valence-electron chi connectivity index (χ3n) is 6.66. The number of nitrogens with one attached hydrogen (secondary N) is 1. The molecule has 0 spiro atoms. The zero-order chi connectivity index (χ0) is 26.4. The molecule has 1 aromatic carbocycles. The molecule has 2 aliphatic rings. The second-order valence-electron chi connectivity index (χ2n) is 9.58. The van der Waals surface area contributed by atoms with Gasteiger partial charge in [-0.05, 0) is 49.8 Å². The van der Waals surface area contributed by atoms with Gasteiger partial charge in [-0.15, -0.1) is 5.10 Å². The molecule has 2 N–H and O–H groups in total. The van der Waals surface area contributed by atoms with Gasteiger partial charge in [-0.3, -0.25) is 29.2 Å². The maximum Gasteiger partial charge on any atom is 0.243 e. The van der Waals surface area contributed by atoms with Crippen molar-refractivity contribution >= 4 is 34.6 Å². The average molecular weight is 530 g/mol.